The quantitative estimate of drug-likeness (QED) is 0.524. The van der Waals surface area contributed by atoms with Crippen molar-refractivity contribution in [2.45, 2.75) is 32.1 Å². The third-order valence-electron chi connectivity index (χ3n) is 5.91. The molecule has 3 heterocycles. The first-order chi connectivity index (χ1) is 14.3. The van der Waals surface area contributed by atoms with Crippen LogP contribution in [0.15, 0.2) is 41.9 Å². The Hall–Kier alpha value is -3.16. The molecule has 1 aliphatic heterocycles. The van der Waals surface area contributed by atoms with Gasteiger partial charge < -0.3 is 16.0 Å². The van der Waals surface area contributed by atoms with E-state index in [1.54, 1.807) is 12.5 Å². The molecule has 0 saturated carbocycles. The third-order valence-corrected chi connectivity index (χ3v) is 5.91. The Labute approximate surface area is 169 Å². The van der Waals surface area contributed by atoms with Crippen LogP contribution in [0.5, 0.6) is 0 Å². The molecular formula is C21H26N8. The molecule has 2 aromatic heterocycles. The molecule has 5 rings (SSSR count). The first kappa shape index (κ1) is 17.9. The predicted molar refractivity (Wildman–Crippen MR) is 114 cm³/mol. The highest BCUT2D eigenvalue weighted by Crippen LogP contribution is 2.26. The van der Waals surface area contributed by atoms with E-state index in [-0.39, 0.29) is 0 Å². The number of nitrogens with two attached hydrogens (primary N) is 1. The zero-order valence-electron chi connectivity index (χ0n) is 16.5. The minimum Gasteiger partial charge on any atom is -0.370 e. The molecule has 0 amide bonds. The number of nitrogens with zero attached hydrogens (tertiary/aromatic N) is 6. The number of fused-ring (bicyclic) bond motifs is 2. The van der Waals surface area contributed by atoms with Gasteiger partial charge in [-0.1, -0.05) is 6.07 Å². The van der Waals surface area contributed by atoms with Crippen molar-refractivity contribution in [3.8, 4) is 0 Å². The molecule has 8 nitrogen and oxygen atoms in total. The molecule has 3 aromatic rings. The van der Waals surface area contributed by atoms with E-state index in [1.165, 1.54) is 24.0 Å². The molecule has 1 saturated heterocycles. The number of aliphatic imine (C=N–C) groups is 1. The van der Waals surface area contributed by atoms with Crippen LogP contribution in [0.25, 0.3) is 5.65 Å². The van der Waals surface area contributed by atoms with Gasteiger partial charge in [0.15, 0.2) is 11.8 Å². The first-order valence-electron chi connectivity index (χ1n) is 10.3. The Morgan fingerprint density at radius 2 is 2.17 bits per heavy atom. The Kier molecular flexibility index (Phi) is 4.75. The van der Waals surface area contributed by atoms with Crippen LogP contribution < -0.4 is 16.0 Å². The van der Waals surface area contributed by atoms with Gasteiger partial charge in [0, 0.05) is 37.7 Å². The number of nitrogens with one attached hydrogen (secondary N) is 1. The SMILES string of the molecule is NC(=NCC1CCCN(c2nccn3cnnc23)C1)Nc1ccc2c(c1)CCC2. The molecule has 1 aliphatic carbocycles. The van der Waals surface area contributed by atoms with E-state index in [0.29, 0.717) is 18.4 Å². The monoisotopic (exact) mass is 390 g/mol. The lowest BCUT2D eigenvalue weighted by atomic mass is 9.98. The van der Waals surface area contributed by atoms with E-state index >= 15 is 0 Å². The van der Waals surface area contributed by atoms with Crippen molar-refractivity contribution in [3.63, 3.8) is 0 Å². The van der Waals surface area contributed by atoms with Gasteiger partial charge in [0.25, 0.3) is 0 Å². The molecule has 29 heavy (non-hydrogen) atoms. The maximum absolute atomic E-state index is 6.17. The van der Waals surface area contributed by atoms with Gasteiger partial charge >= 0.3 is 0 Å². The van der Waals surface area contributed by atoms with Crippen LogP contribution in [0, 0.1) is 5.92 Å². The Balaban J connectivity index is 1.23. The van der Waals surface area contributed by atoms with Crippen molar-refractivity contribution in [2.24, 2.45) is 16.6 Å². The number of anilines is 2. The van der Waals surface area contributed by atoms with Gasteiger partial charge in [-0.3, -0.25) is 9.39 Å². The van der Waals surface area contributed by atoms with Gasteiger partial charge in [-0.05, 0) is 61.3 Å². The summed E-state index contributed by atoms with van der Waals surface area (Å²) in [6.07, 6.45) is 11.2. The minimum atomic E-state index is 0.439. The predicted octanol–water partition coefficient (Wildman–Crippen LogP) is 2.26. The van der Waals surface area contributed by atoms with Gasteiger partial charge in [-0.25, -0.2) is 4.98 Å². The van der Waals surface area contributed by atoms with Crippen molar-refractivity contribution >= 4 is 23.1 Å². The summed E-state index contributed by atoms with van der Waals surface area (Å²) in [5.74, 6) is 1.81. The van der Waals surface area contributed by atoms with E-state index in [1.807, 2.05) is 10.6 Å². The standard InChI is InChI=1S/C21H26N8/c22-21(26-18-7-6-16-4-1-5-17(16)11-18)24-12-15-3-2-9-28(13-15)19-20-27-25-14-29(20)10-8-23-19/h6-8,10-11,14-15H,1-5,9,12-13H2,(H3,22,24,26). The van der Waals surface area contributed by atoms with Crippen LogP contribution in [0.1, 0.15) is 30.4 Å². The summed E-state index contributed by atoms with van der Waals surface area (Å²) in [6, 6.07) is 6.51. The minimum absolute atomic E-state index is 0.439. The van der Waals surface area contributed by atoms with Crippen LogP contribution >= 0.6 is 0 Å². The van der Waals surface area contributed by atoms with E-state index in [0.717, 1.165) is 49.5 Å². The average Bonchev–Trinajstić information content (AvgIpc) is 3.41. The molecule has 0 bridgehead atoms. The van der Waals surface area contributed by atoms with Gasteiger partial charge in [0.1, 0.15) is 6.33 Å². The highest BCUT2D eigenvalue weighted by molar-refractivity contribution is 5.92. The molecule has 0 radical (unpaired) electrons. The number of hydrogen-bond acceptors (Lipinski definition) is 5. The van der Waals surface area contributed by atoms with Crippen molar-refractivity contribution in [3.05, 3.63) is 48.0 Å². The summed E-state index contributed by atoms with van der Waals surface area (Å²) in [5.41, 5.74) is 10.9. The lowest BCUT2D eigenvalue weighted by Gasteiger charge is -2.32. The summed E-state index contributed by atoms with van der Waals surface area (Å²) < 4.78 is 1.91. The summed E-state index contributed by atoms with van der Waals surface area (Å²) >= 11 is 0. The van der Waals surface area contributed by atoms with Crippen molar-refractivity contribution in [1.29, 1.82) is 0 Å². The molecule has 1 aromatic carbocycles. The fraction of sp³-hybridized carbons (Fsp3) is 0.429. The molecule has 150 valence electrons. The first-order valence-corrected chi connectivity index (χ1v) is 10.3. The topological polar surface area (TPSA) is 96.7 Å². The summed E-state index contributed by atoms with van der Waals surface area (Å²) in [4.78, 5) is 11.5. The molecule has 1 unspecified atom stereocenters. The third kappa shape index (κ3) is 3.74. The zero-order valence-corrected chi connectivity index (χ0v) is 16.5. The van der Waals surface area contributed by atoms with Crippen LogP contribution in [-0.2, 0) is 12.8 Å². The van der Waals surface area contributed by atoms with Crippen molar-refractivity contribution in [1.82, 2.24) is 19.6 Å². The largest absolute Gasteiger partial charge is 0.370 e. The number of rotatable bonds is 4. The zero-order chi connectivity index (χ0) is 19.6. The number of guanidine groups is 1. The van der Waals surface area contributed by atoms with Crippen molar-refractivity contribution in [2.75, 3.05) is 29.9 Å². The summed E-state index contributed by atoms with van der Waals surface area (Å²) in [5, 5.41) is 11.5. The molecule has 0 spiro atoms. The van der Waals surface area contributed by atoms with E-state index in [2.05, 4.69) is 48.6 Å². The molecular weight excluding hydrogens is 364 g/mol. The maximum Gasteiger partial charge on any atom is 0.203 e. The second kappa shape index (κ2) is 7.69. The number of hydrogen-bond donors (Lipinski definition) is 2. The van der Waals surface area contributed by atoms with Crippen LogP contribution in [0.4, 0.5) is 11.5 Å². The van der Waals surface area contributed by atoms with E-state index < -0.39 is 0 Å². The smallest absolute Gasteiger partial charge is 0.203 e. The Morgan fingerprint density at radius 1 is 1.24 bits per heavy atom. The van der Waals surface area contributed by atoms with Gasteiger partial charge in [-0.2, -0.15) is 0 Å². The highest BCUT2D eigenvalue weighted by Gasteiger charge is 2.23. The van der Waals surface area contributed by atoms with Crippen LogP contribution in [0.3, 0.4) is 0 Å². The number of aryl methyl sites for hydroxylation is 2. The van der Waals surface area contributed by atoms with Crippen LogP contribution in [-0.4, -0.2) is 45.2 Å². The maximum atomic E-state index is 6.17. The Morgan fingerprint density at radius 3 is 3.14 bits per heavy atom. The number of benzene rings is 1. The lowest BCUT2D eigenvalue weighted by Crippen LogP contribution is -2.38. The number of piperidine rings is 1. The van der Waals surface area contributed by atoms with Crippen LogP contribution in [0.2, 0.25) is 0 Å². The fourth-order valence-corrected chi connectivity index (χ4v) is 4.44. The second-order valence-electron chi connectivity index (χ2n) is 7.95. The van der Waals surface area contributed by atoms with Gasteiger partial charge in [0.2, 0.25) is 5.65 Å². The lowest BCUT2D eigenvalue weighted by molar-refractivity contribution is 0.422. The molecule has 8 heteroatoms. The van der Waals surface area contributed by atoms with E-state index in [9.17, 15) is 0 Å². The summed E-state index contributed by atoms with van der Waals surface area (Å²) in [7, 11) is 0. The molecule has 2 aliphatic rings. The van der Waals surface area contributed by atoms with Gasteiger partial charge in [-0.15, -0.1) is 10.2 Å². The normalized spacial score (nSPS) is 19.5. The Bertz CT molecular complexity index is 1040. The highest BCUT2D eigenvalue weighted by atomic mass is 15.3. The molecule has 1 fully saturated rings. The summed E-state index contributed by atoms with van der Waals surface area (Å²) in [6.45, 7) is 2.58. The van der Waals surface area contributed by atoms with E-state index in [4.69, 9.17) is 5.73 Å². The average molecular weight is 390 g/mol. The second-order valence-corrected chi connectivity index (χ2v) is 7.95. The number of aromatic nitrogens is 4. The van der Waals surface area contributed by atoms with Gasteiger partial charge in [0.05, 0.1) is 0 Å². The van der Waals surface area contributed by atoms with Crippen molar-refractivity contribution < 1.29 is 0 Å². The molecule has 3 N–H and O–H groups in total. The molecule has 1 atom stereocenters. The fourth-order valence-electron chi connectivity index (χ4n) is 4.44.